The molecule has 0 unspecified atom stereocenters. The van der Waals surface area contributed by atoms with E-state index in [0.717, 1.165) is 22.5 Å². The van der Waals surface area contributed by atoms with E-state index in [4.69, 9.17) is 4.74 Å². The number of ether oxygens (including phenoxy) is 1. The molecule has 0 bridgehead atoms. The Labute approximate surface area is 117 Å². The first-order valence-electron chi connectivity index (χ1n) is 6.46. The van der Waals surface area contributed by atoms with Crippen LogP contribution in [0.3, 0.4) is 0 Å². The summed E-state index contributed by atoms with van der Waals surface area (Å²) in [4.78, 5) is 12.7. The van der Waals surface area contributed by atoms with Gasteiger partial charge in [-0.15, -0.1) is 0 Å². The van der Waals surface area contributed by atoms with Crippen molar-refractivity contribution in [1.82, 2.24) is 4.57 Å². The number of aromatic nitrogens is 1. The van der Waals surface area contributed by atoms with Crippen LogP contribution >= 0.6 is 0 Å². The van der Waals surface area contributed by atoms with Crippen LogP contribution in [0.5, 0.6) is 5.75 Å². The molecule has 0 N–H and O–H groups in total. The van der Waals surface area contributed by atoms with Gasteiger partial charge in [0.15, 0.2) is 0 Å². The zero-order chi connectivity index (χ0) is 14.1. The second-order valence-electron chi connectivity index (χ2n) is 4.72. The maximum atomic E-state index is 12.7. The lowest BCUT2D eigenvalue weighted by Gasteiger charge is -2.12. The average molecular weight is 265 g/mol. The van der Waals surface area contributed by atoms with Crippen molar-refractivity contribution in [3.63, 3.8) is 0 Å². The van der Waals surface area contributed by atoms with E-state index in [1.807, 2.05) is 61.5 Å². The lowest BCUT2D eigenvalue weighted by atomic mass is 10.1. The molecular weight excluding hydrogens is 250 g/mol. The second kappa shape index (κ2) is 4.85. The van der Waals surface area contributed by atoms with Crippen molar-refractivity contribution in [3.8, 4) is 11.4 Å². The number of nitrogens with zero attached hydrogens (tertiary/aromatic N) is 1. The predicted octanol–water partition coefficient (Wildman–Crippen LogP) is 3.31. The van der Waals surface area contributed by atoms with Crippen LogP contribution in [0.4, 0.5) is 0 Å². The molecule has 0 aliphatic rings. The minimum absolute atomic E-state index is 0.00569. The Morgan fingerprint density at radius 3 is 2.45 bits per heavy atom. The topological polar surface area (TPSA) is 31.2 Å². The molecule has 0 atom stereocenters. The summed E-state index contributed by atoms with van der Waals surface area (Å²) < 4.78 is 6.94. The molecule has 0 aliphatic carbocycles. The first-order valence-corrected chi connectivity index (χ1v) is 6.46. The van der Waals surface area contributed by atoms with Gasteiger partial charge in [-0.1, -0.05) is 18.2 Å². The van der Waals surface area contributed by atoms with E-state index in [9.17, 15) is 4.79 Å². The third-order valence-corrected chi connectivity index (χ3v) is 3.42. The molecule has 3 aromatic rings. The van der Waals surface area contributed by atoms with Crippen LogP contribution in [0.15, 0.2) is 59.4 Å². The molecule has 3 heteroatoms. The van der Waals surface area contributed by atoms with Crippen molar-refractivity contribution >= 4 is 10.8 Å². The fourth-order valence-electron chi connectivity index (χ4n) is 2.45. The van der Waals surface area contributed by atoms with E-state index < -0.39 is 0 Å². The van der Waals surface area contributed by atoms with Gasteiger partial charge in [0.05, 0.1) is 7.11 Å². The van der Waals surface area contributed by atoms with E-state index in [0.29, 0.717) is 5.39 Å². The Balaban J connectivity index is 2.33. The summed E-state index contributed by atoms with van der Waals surface area (Å²) in [5.41, 5.74) is 1.78. The molecule has 3 nitrogen and oxygen atoms in total. The van der Waals surface area contributed by atoms with E-state index in [2.05, 4.69) is 0 Å². The minimum Gasteiger partial charge on any atom is -0.497 e. The highest BCUT2D eigenvalue weighted by atomic mass is 16.5. The Morgan fingerprint density at radius 2 is 1.75 bits per heavy atom. The number of para-hydroxylation sites is 1. The van der Waals surface area contributed by atoms with Gasteiger partial charge in [0.25, 0.3) is 5.56 Å². The van der Waals surface area contributed by atoms with Gasteiger partial charge in [0.1, 0.15) is 5.75 Å². The van der Waals surface area contributed by atoms with Crippen molar-refractivity contribution < 1.29 is 4.74 Å². The number of aryl methyl sites for hydroxylation is 1. The van der Waals surface area contributed by atoms with E-state index >= 15 is 0 Å². The molecule has 1 aromatic heterocycles. The van der Waals surface area contributed by atoms with Gasteiger partial charge in [-0.2, -0.15) is 0 Å². The van der Waals surface area contributed by atoms with Gasteiger partial charge in [-0.05, 0) is 48.7 Å². The van der Waals surface area contributed by atoms with E-state index in [1.165, 1.54) is 0 Å². The number of hydrogen-bond acceptors (Lipinski definition) is 2. The van der Waals surface area contributed by atoms with Crippen LogP contribution in [0.2, 0.25) is 0 Å². The number of fused-ring (bicyclic) bond motifs is 1. The van der Waals surface area contributed by atoms with Crippen LogP contribution in [0, 0.1) is 6.92 Å². The van der Waals surface area contributed by atoms with Crippen LogP contribution in [0.1, 0.15) is 5.69 Å². The van der Waals surface area contributed by atoms with Gasteiger partial charge >= 0.3 is 0 Å². The maximum absolute atomic E-state index is 12.7. The molecule has 0 aliphatic heterocycles. The maximum Gasteiger partial charge on any atom is 0.263 e. The normalized spacial score (nSPS) is 10.7. The predicted molar refractivity (Wildman–Crippen MR) is 80.8 cm³/mol. The summed E-state index contributed by atoms with van der Waals surface area (Å²) in [6.07, 6.45) is 0. The first-order chi connectivity index (χ1) is 9.70. The number of hydrogen-bond donors (Lipinski definition) is 0. The molecule has 0 fully saturated rings. The molecule has 100 valence electrons. The van der Waals surface area contributed by atoms with Crippen molar-refractivity contribution in [2.75, 3.05) is 7.11 Å². The summed E-state index contributed by atoms with van der Waals surface area (Å²) in [6.45, 7) is 1.94. The Hall–Kier alpha value is -2.55. The molecule has 0 spiro atoms. The molecule has 3 rings (SSSR count). The van der Waals surface area contributed by atoms with Crippen molar-refractivity contribution in [2.45, 2.75) is 6.92 Å². The summed E-state index contributed by atoms with van der Waals surface area (Å²) >= 11 is 0. The third kappa shape index (κ3) is 1.97. The average Bonchev–Trinajstić information content (AvgIpc) is 2.47. The van der Waals surface area contributed by atoms with E-state index in [-0.39, 0.29) is 5.56 Å². The van der Waals surface area contributed by atoms with E-state index in [1.54, 1.807) is 11.7 Å². The lowest BCUT2D eigenvalue weighted by molar-refractivity contribution is 0.415. The number of methoxy groups -OCH3 is 1. The summed E-state index contributed by atoms with van der Waals surface area (Å²) in [6, 6.07) is 17.2. The van der Waals surface area contributed by atoms with Gasteiger partial charge < -0.3 is 4.74 Å². The highest BCUT2D eigenvalue weighted by Crippen LogP contribution is 2.20. The van der Waals surface area contributed by atoms with Crippen molar-refractivity contribution in [1.29, 1.82) is 0 Å². The number of benzene rings is 2. The molecule has 0 radical (unpaired) electrons. The second-order valence-corrected chi connectivity index (χ2v) is 4.72. The molecule has 1 heterocycles. The molecule has 0 saturated heterocycles. The third-order valence-electron chi connectivity index (χ3n) is 3.42. The Kier molecular flexibility index (Phi) is 3.03. The van der Waals surface area contributed by atoms with Crippen LogP contribution in [-0.4, -0.2) is 11.7 Å². The van der Waals surface area contributed by atoms with Crippen molar-refractivity contribution in [2.24, 2.45) is 0 Å². The molecule has 20 heavy (non-hydrogen) atoms. The van der Waals surface area contributed by atoms with Crippen LogP contribution in [0.25, 0.3) is 16.5 Å². The highest BCUT2D eigenvalue weighted by Gasteiger charge is 2.08. The zero-order valence-electron chi connectivity index (χ0n) is 11.5. The smallest absolute Gasteiger partial charge is 0.263 e. The fraction of sp³-hybridized carbons (Fsp3) is 0.118. The quantitative estimate of drug-likeness (QED) is 0.712. The van der Waals surface area contributed by atoms with Gasteiger partial charge in [-0.3, -0.25) is 9.36 Å². The van der Waals surface area contributed by atoms with Gasteiger partial charge in [0.2, 0.25) is 0 Å². The van der Waals surface area contributed by atoms with Gasteiger partial charge in [0, 0.05) is 16.8 Å². The Morgan fingerprint density at radius 1 is 1.00 bits per heavy atom. The SMILES string of the molecule is COc1ccc2c(=O)n(-c3ccccc3)c(C)cc2c1. The van der Waals surface area contributed by atoms with Crippen LogP contribution in [-0.2, 0) is 0 Å². The summed E-state index contributed by atoms with van der Waals surface area (Å²) in [7, 11) is 1.62. The van der Waals surface area contributed by atoms with Crippen LogP contribution < -0.4 is 10.3 Å². The molecule has 0 amide bonds. The standard InChI is InChI=1S/C17H15NO2/c1-12-10-13-11-15(20-2)8-9-16(13)17(19)18(12)14-6-4-3-5-7-14/h3-11H,1-2H3. The first kappa shape index (κ1) is 12.5. The zero-order valence-corrected chi connectivity index (χ0v) is 11.5. The number of rotatable bonds is 2. The van der Waals surface area contributed by atoms with Crippen molar-refractivity contribution in [3.05, 3.63) is 70.6 Å². The Bertz CT molecular complexity index is 820. The largest absolute Gasteiger partial charge is 0.497 e. The molecular formula is C17H15NO2. The molecule has 0 saturated carbocycles. The number of pyridine rings is 1. The fourth-order valence-corrected chi connectivity index (χ4v) is 2.45. The van der Waals surface area contributed by atoms with Gasteiger partial charge in [-0.25, -0.2) is 0 Å². The monoisotopic (exact) mass is 265 g/mol. The highest BCUT2D eigenvalue weighted by molar-refractivity contribution is 5.83. The summed E-state index contributed by atoms with van der Waals surface area (Å²) in [5.74, 6) is 0.758. The molecule has 2 aromatic carbocycles. The minimum atomic E-state index is -0.00569. The summed E-state index contributed by atoms with van der Waals surface area (Å²) in [5, 5.41) is 1.60. The lowest BCUT2D eigenvalue weighted by Crippen LogP contribution is -2.20.